The number of anilines is 2. The molecule has 2 aromatic heterocycles. The lowest BCUT2D eigenvalue weighted by atomic mass is 10.3. The molecule has 8 heteroatoms. The zero-order valence-corrected chi connectivity index (χ0v) is 15.6. The molecule has 1 aromatic carbocycles. The van der Waals surface area contributed by atoms with Crippen LogP contribution in [-0.2, 0) is 9.73 Å². The Labute approximate surface area is 149 Å². The minimum atomic E-state index is -2.70. The van der Waals surface area contributed by atoms with Gasteiger partial charge in [-0.2, -0.15) is 0 Å². The molecule has 0 amide bonds. The van der Waals surface area contributed by atoms with Crippen molar-refractivity contribution in [3.05, 3.63) is 48.0 Å². The molecule has 1 atom stereocenters. The lowest BCUT2D eigenvalue weighted by Crippen LogP contribution is -2.00. The van der Waals surface area contributed by atoms with Gasteiger partial charge in [-0.15, -0.1) is 23.1 Å². The van der Waals surface area contributed by atoms with Crippen LogP contribution in [0.5, 0.6) is 0 Å². The van der Waals surface area contributed by atoms with Crippen LogP contribution in [0.4, 0.5) is 11.6 Å². The van der Waals surface area contributed by atoms with Crippen LogP contribution >= 0.6 is 23.1 Å². The fourth-order valence-electron chi connectivity index (χ4n) is 2.11. The Bertz CT molecular complexity index is 936. The van der Waals surface area contributed by atoms with Crippen LogP contribution in [0.3, 0.4) is 0 Å². The first kappa shape index (κ1) is 16.9. The largest absolute Gasteiger partial charge is 0.324 e. The second kappa shape index (κ2) is 6.92. The molecule has 0 radical (unpaired) electrons. The zero-order chi connectivity index (χ0) is 17.2. The molecule has 0 aliphatic rings. The third kappa shape index (κ3) is 3.77. The van der Waals surface area contributed by atoms with Gasteiger partial charge >= 0.3 is 0 Å². The van der Waals surface area contributed by atoms with Crippen LogP contribution in [0.1, 0.15) is 0 Å². The fourth-order valence-corrected chi connectivity index (χ4v) is 4.13. The Hall–Kier alpha value is -1.90. The SMILES string of the molecule is CSc1nc(Nc2ccc(S(C)(=N)=O)cc2)ncc1-c1cccs1. The lowest BCUT2D eigenvalue weighted by Gasteiger charge is -2.09. The highest BCUT2D eigenvalue weighted by atomic mass is 32.2. The predicted octanol–water partition coefficient (Wildman–Crippen LogP) is 4.71. The molecule has 0 bridgehead atoms. The average Bonchev–Trinajstić information content (AvgIpc) is 3.08. The van der Waals surface area contributed by atoms with Crippen molar-refractivity contribution in [1.82, 2.24) is 9.97 Å². The standard InChI is InChI=1S/C16H16N4OS3/c1-22-15-13(14-4-3-9-23-14)10-18-16(20-15)19-11-5-7-12(8-6-11)24(2,17)21/h3-10,17H,1-2H3,(H,18,19,20). The number of thioether (sulfide) groups is 1. The number of thiophene rings is 1. The van der Waals surface area contributed by atoms with Crippen LogP contribution in [0.15, 0.2) is 57.9 Å². The van der Waals surface area contributed by atoms with Gasteiger partial charge in [0.2, 0.25) is 5.95 Å². The summed E-state index contributed by atoms with van der Waals surface area (Å²) in [5.41, 5.74) is 1.82. The van der Waals surface area contributed by atoms with Gasteiger partial charge in [-0.3, -0.25) is 0 Å². The maximum absolute atomic E-state index is 11.7. The summed E-state index contributed by atoms with van der Waals surface area (Å²) < 4.78 is 19.3. The number of hydrogen-bond acceptors (Lipinski definition) is 7. The van der Waals surface area contributed by atoms with Gasteiger partial charge in [0.1, 0.15) is 5.03 Å². The van der Waals surface area contributed by atoms with Crippen molar-refractivity contribution in [2.24, 2.45) is 0 Å². The first-order valence-electron chi connectivity index (χ1n) is 7.03. The highest BCUT2D eigenvalue weighted by Crippen LogP contribution is 2.32. The molecule has 0 saturated heterocycles. The van der Waals surface area contributed by atoms with Gasteiger partial charge in [0, 0.05) is 33.5 Å². The van der Waals surface area contributed by atoms with Crippen molar-refractivity contribution in [2.75, 3.05) is 17.8 Å². The average molecular weight is 377 g/mol. The molecule has 124 valence electrons. The second-order valence-electron chi connectivity index (χ2n) is 5.09. The van der Waals surface area contributed by atoms with Crippen molar-refractivity contribution in [1.29, 1.82) is 4.78 Å². The first-order valence-corrected chi connectivity index (χ1v) is 11.1. The molecular weight excluding hydrogens is 360 g/mol. The van der Waals surface area contributed by atoms with E-state index in [0.29, 0.717) is 10.8 Å². The second-order valence-corrected chi connectivity index (χ2v) is 8.99. The summed E-state index contributed by atoms with van der Waals surface area (Å²) in [6, 6.07) is 11.0. The molecule has 2 heterocycles. The summed E-state index contributed by atoms with van der Waals surface area (Å²) in [4.78, 5) is 10.6. The van der Waals surface area contributed by atoms with E-state index in [1.54, 1.807) is 47.4 Å². The highest BCUT2D eigenvalue weighted by molar-refractivity contribution is 7.98. The third-order valence-corrected chi connectivity index (χ3v) is 6.07. The zero-order valence-electron chi connectivity index (χ0n) is 13.1. The van der Waals surface area contributed by atoms with Gasteiger partial charge in [-0.25, -0.2) is 19.0 Å². The summed E-state index contributed by atoms with van der Waals surface area (Å²) in [7, 11) is -2.70. The number of aromatic nitrogens is 2. The van der Waals surface area contributed by atoms with Crippen molar-refractivity contribution in [3.63, 3.8) is 0 Å². The van der Waals surface area contributed by atoms with Crippen molar-refractivity contribution in [3.8, 4) is 10.4 Å². The number of nitrogens with zero attached hydrogens (tertiary/aromatic N) is 2. The van der Waals surface area contributed by atoms with Crippen LogP contribution < -0.4 is 5.32 Å². The van der Waals surface area contributed by atoms with Crippen LogP contribution in [0, 0.1) is 4.78 Å². The fraction of sp³-hybridized carbons (Fsp3) is 0.125. The molecule has 2 N–H and O–H groups in total. The van der Waals surface area contributed by atoms with E-state index in [-0.39, 0.29) is 0 Å². The minimum Gasteiger partial charge on any atom is -0.324 e. The van der Waals surface area contributed by atoms with E-state index in [4.69, 9.17) is 4.78 Å². The topological polar surface area (TPSA) is 78.7 Å². The van der Waals surface area contributed by atoms with E-state index >= 15 is 0 Å². The molecule has 0 saturated carbocycles. The minimum absolute atomic E-state index is 0.506. The van der Waals surface area contributed by atoms with Crippen LogP contribution in [-0.4, -0.2) is 26.7 Å². The van der Waals surface area contributed by atoms with E-state index in [0.717, 1.165) is 21.2 Å². The number of hydrogen-bond donors (Lipinski definition) is 2. The lowest BCUT2D eigenvalue weighted by molar-refractivity contribution is 0.679. The Morgan fingerprint density at radius 2 is 2.00 bits per heavy atom. The third-order valence-electron chi connectivity index (χ3n) is 3.29. The smallest absolute Gasteiger partial charge is 0.228 e. The van der Waals surface area contributed by atoms with E-state index in [1.807, 2.05) is 23.9 Å². The summed E-state index contributed by atoms with van der Waals surface area (Å²) in [6.45, 7) is 0. The molecular formula is C16H16N4OS3. The number of nitrogens with one attached hydrogen (secondary N) is 2. The molecule has 24 heavy (non-hydrogen) atoms. The summed E-state index contributed by atoms with van der Waals surface area (Å²) in [5, 5.41) is 6.09. The molecule has 3 aromatic rings. The number of rotatable bonds is 5. The van der Waals surface area contributed by atoms with Crippen LogP contribution in [0.25, 0.3) is 10.4 Å². The van der Waals surface area contributed by atoms with Crippen LogP contribution in [0.2, 0.25) is 0 Å². The van der Waals surface area contributed by atoms with E-state index < -0.39 is 9.73 Å². The van der Waals surface area contributed by atoms with Gasteiger partial charge in [-0.1, -0.05) is 6.07 Å². The summed E-state index contributed by atoms with van der Waals surface area (Å²) in [5.74, 6) is 0.510. The summed E-state index contributed by atoms with van der Waals surface area (Å²) >= 11 is 3.24. The molecule has 0 spiro atoms. The molecule has 5 nitrogen and oxygen atoms in total. The van der Waals surface area contributed by atoms with Crippen molar-refractivity contribution >= 4 is 44.5 Å². The molecule has 3 rings (SSSR count). The molecule has 0 fully saturated rings. The maximum Gasteiger partial charge on any atom is 0.228 e. The van der Waals surface area contributed by atoms with E-state index in [9.17, 15) is 4.21 Å². The van der Waals surface area contributed by atoms with Crippen molar-refractivity contribution in [2.45, 2.75) is 9.92 Å². The van der Waals surface area contributed by atoms with Gasteiger partial charge in [0.15, 0.2) is 0 Å². The number of benzene rings is 1. The quantitative estimate of drug-likeness (QED) is 0.498. The van der Waals surface area contributed by atoms with Gasteiger partial charge < -0.3 is 5.32 Å². The molecule has 0 aliphatic carbocycles. The van der Waals surface area contributed by atoms with Gasteiger partial charge in [0.05, 0.1) is 9.73 Å². The normalized spacial score (nSPS) is 13.4. The van der Waals surface area contributed by atoms with Gasteiger partial charge in [-0.05, 0) is 42.0 Å². The Balaban J connectivity index is 1.85. The van der Waals surface area contributed by atoms with E-state index in [2.05, 4.69) is 21.4 Å². The molecule has 1 unspecified atom stereocenters. The van der Waals surface area contributed by atoms with Gasteiger partial charge in [0.25, 0.3) is 0 Å². The molecule has 0 aliphatic heterocycles. The Kier molecular flexibility index (Phi) is 4.88. The highest BCUT2D eigenvalue weighted by Gasteiger charge is 2.10. The van der Waals surface area contributed by atoms with E-state index in [1.165, 1.54) is 6.26 Å². The predicted molar refractivity (Wildman–Crippen MR) is 102 cm³/mol. The Morgan fingerprint density at radius 3 is 2.58 bits per heavy atom. The maximum atomic E-state index is 11.7. The Morgan fingerprint density at radius 1 is 1.25 bits per heavy atom. The van der Waals surface area contributed by atoms with Crippen molar-refractivity contribution < 1.29 is 4.21 Å². The monoisotopic (exact) mass is 376 g/mol. The first-order chi connectivity index (χ1) is 11.5. The summed E-state index contributed by atoms with van der Waals surface area (Å²) in [6.07, 6.45) is 5.22.